The minimum atomic E-state index is -3.18. The van der Waals surface area contributed by atoms with Crippen LogP contribution in [0.3, 0.4) is 0 Å². The summed E-state index contributed by atoms with van der Waals surface area (Å²) in [5.41, 5.74) is 2.36. The minimum Gasteiger partial charge on any atom is -0.505 e. The Morgan fingerprint density at radius 3 is 2.50 bits per heavy atom. The van der Waals surface area contributed by atoms with Crippen LogP contribution in [0.15, 0.2) is 36.5 Å². The molecule has 0 atom stereocenters. The van der Waals surface area contributed by atoms with E-state index < -0.39 is 16.1 Å². The highest BCUT2D eigenvalue weighted by molar-refractivity contribution is 7.89. The molecular weight excluding hydrogens is 406 g/mol. The molecule has 0 bridgehead atoms. The van der Waals surface area contributed by atoms with Crippen molar-refractivity contribution in [1.29, 1.82) is 0 Å². The molecule has 1 aromatic carbocycles. The van der Waals surface area contributed by atoms with Crippen LogP contribution in [0.1, 0.15) is 18.2 Å². The van der Waals surface area contributed by atoms with Gasteiger partial charge in [-0.2, -0.15) is 4.31 Å². The number of phenolic OH excluding ortho intramolecular Hbond substituents is 1. The van der Waals surface area contributed by atoms with E-state index in [1.54, 1.807) is 43.5 Å². The number of para-hydroxylation sites is 1. The van der Waals surface area contributed by atoms with Gasteiger partial charge in [-0.15, -0.1) is 0 Å². The van der Waals surface area contributed by atoms with Gasteiger partial charge in [0.25, 0.3) is 0 Å². The van der Waals surface area contributed by atoms with E-state index in [9.17, 15) is 18.3 Å². The summed E-state index contributed by atoms with van der Waals surface area (Å²) < 4.78 is 25.5. The lowest BCUT2D eigenvalue weighted by atomic mass is 10.1. The summed E-state index contributed by atoms with van der Waals surface area (Å²) in [5, 5.41) is 15.9. The number of piperazine rings is 1. The summed E-state index contributed by atoms with van der Waals surface area (Å²) in [7, 11) is -3.18. The van der Waals surface area contributed by atoms with Crippen molar-refractivity contribution in [2.24, 2.45) is 0 Å². The Balaban J connectivity index is 1.60. The fourth-order valence-electron chi connectivity index (χ4n) is 3.24. The van der Waals surface area contributed by atoms with Gasteiger partial charge in [0.05, 0.1) is 23.3 Å². The number of urea groups is 1. The van der Waals surface area contributed by atoms with Gasteiger partial charge in [-0.3, -0.25) is 9.88 Å². The van der Waals surface area contributed by atoms with E-state index in [0.29, 0.717) is 49.7 Å². The molecule has 1 aromatic heterocycles. The van der Waals surface area contributed by atoms with E-state index in [0.717, 1.165) is 5.69 Å². The Kier molecular flexibility index (Phi) is 6.91. The molecule has 162 valence electrons. The van der Waals surface area contributed by atoms with Crippen LogP contribution in [-0.4, -0.2) is 65.7 Å². The number of hydrogen-bond donors (Lipinski definition) is 3. The number of aryl methyl sites for hydroxylation is 1. The zero-order chi connectivity index (χ0) is 21.7. The molecule has 2 amide bonds. The number of benzene rings is 1. The van der Waals surface area contributed by atoms with Crippen LogP contribution >= 0.6 is 0 Å². The standard InChI is InChI=1S/C20H27N5O4S/c1-3-30(28,29)25-11-9-24(10-12-25)14-16-5-4-6-18(19(16)26)23-20(27)22-17-8-7-15(2)21-13-17/h4-8,13,26H,3,9-12,14H2,1-2H3,(H2,22,23,27). The van der Waals surface area contributed by atoms with E-state index in [1.807, 2.05) is 6.92 Å². The van der Waals surface area contributed by atoms with Gasteiger partial charge < -0.3 is 15.7 Å². The summed E-state index contributed by atoms with van der Waals surface area (Å²) in [5.74, 6) is 0.0978. The molecular formula is C20H27N5O4S. The zero-order valence-corrected chi connectivity index (χ0v) is 17.9. The number of carbonyl (C=O) groups excluding carboxylic acids is 1. The average molecular weight is 434 g/mol. The Hall–Kier alpha value is -2.69. The van der Waals surface area contributed by atoms with Crippen molar-refractivity contribution >= 4 is 27.4 Å². The molecule has 10 heteroatoms. The molecule has 1 aliphatic rings. The largest absolute Gasteiger partial charge is 0.505 e. The maximum absolute atomic E-state index is 12.2. The Morgan fingerprint density at radius 2 is 1.87 bits per heavy atom. The third-order valence-corrected chi connectivity index (χ3v) is 6.90. The van der Waals surface area contributed by atoms with Crippen LogP contribution in [-0.2, 0) is 16.6 Å². The first-order chi connectivity index (χ1) is 14.3. The van der Waals surface area contributed by atoms with Gasteiger partial charge in [0.1, 0.15) is 5.75 Å². The van der Waals surface area contributed by atoms with E-state index in [-0.39, 0.29) is 11.5 Å². The summed E-state index contributed by atoms with van der Waals surface area (Å²) in [6, 6.07) is 8.23. The number of hydrogen-bond acceptors (Lipinski definition) is 6. The third kappa shape index (κ3) is 5.47. The van der Waals surface area contributed by atoms with E-state index in [4.69, 9.17) is 0 Å². The van der Waals surface area contributed by atoms with Crippen molar-refractivity contribution in [3.8, 4) is 5.75 Å². The quantitative estimate of drug-likeness (QED) is 0.602. The third-order valence-electron chi connectivity index (χ3n) is 5.02. The average Bonchev–Trinajstić information content (AvgIpc) is 2.73. The van der Waals surface area contributed by atoms with E-state index in [2.05, 4.69) is 20.5 Å². The number of phenols is 1. The number of carbonyl (C=O) groups is 1. The molecule has 2 aromatic rings. The van der Waals surface area contributed by atoms with Gasteiger partial charge in [-0.25, -0.2) is 13.2 Å². The van der Waals surface area contributed by atoms with Crippen molar-refractivity contribution in [3.05, 3.63) is 47.8 Å². The highest BCUT2D eigenvalue weighted by Crippen LogP contribution is 2.29. The molecule has 2 heterocycles. The predicted molar refractivity (Wildman–Crippen MR) is 116 cm³/mol. The van der Waals surface area contributed by atoms with Crippen molar-refractivity contribution in [2.75, 3.05) is 42.6 Å². The minimum absolute atomic E-state index is 0.00158. The van der Waals surface area contributed by atoms with Crippen molar-refractivity contribution in [1.82, 2.24) is 14.2 Å². The lowest BCUT2D eigenvalue weighted by molar-refractivity contribution is 0.180. The van der Waals surface area contributed by atoms with Gasteiger partial charge in [0, 0.05) is 44.0 Å². The van der Waals surface area contributed by atoms with Gasteiger partial charge in [-0.05, 0) is 32.0 Å². The Labute approximate surface area is 176 Å². The van der Waals surface area contributed by atoms with Gasteiger partial charge >= 0.3 is 6.03 Å². The first-order valence-corrected chi connectivity index (χ1v) is 11.4. The van der Waals surface area contributed by atoms with Crippen molar-refractivity contribution < 1.29 is 18.3 Å². The first-order valence-electron chi connectivity index (χ1n) is 9.80. The number of amides is 2. The maximum atomic E-state index is 12.2. The van der Waals surface area contributed by atoms with E-state index in [1.165, 1.54) is 4.31 Å². The monoisotopic (exact) mass is 433 g/mol. The molecule has 0 spiro atoms. The van der Waals surface area contributed by atoms with Crippen LogP contribution in [0, 0.1) is 6.92 Å². The van der Waals surface area contributed by atoms with Crippen LogP contribution in [0.25, 0.3) is 0 Å². The molecule has 1 saturated heterocycles. The molecule has 1 fully saturated rings. The number of rotatable bonds is 6. The fourth-order valence-corrected chi connectivity index (χ4v) is 4.32. The number of anilines is 2. The summed E-state index contributed by atoms with van der Waals surface area (Å²) in [6.45, 7) is 5.99. The normalized spacial score (nSPS) is 15.7. The SMILES string of the molecule is CCS(=O)(=O)N1CCN(Cc2cccc(NC(=O)Nc3ccc(C)nc3)c2O)CC1. The number of nitrogens with zero attached hydrogens (tertiary/aromatic N) is 3. The Morgan fingerprint density at radius 1 is 1.13 bits per heavy atom. The molecule has 0 aliphatic carbocycles. The second-order valence-electron chi connectivity index (χ2n) is 7.16. The number of sulfonamides is 1. The summed E-state index contributed by atoms with van der Waals surface area (Å²) in [6.07, 6.45) is 1.56. The lowest BCUT2D eigenvalue weighted by Crippen LogP contribution is -2.48. The topological polar surface area (TPSA) is 115 Å². The second-order valence-corrected chi connectivity index (χ2v) is 9.41. The second kappa shape index (κ2) is 9.41. The molecule has 0 saturated carbocycles. The number of nitrogens with one attached hydrogen (secondary N) is 2. The van der Waals surface area contributed by atoms with Crippen LogP contribution in [0.4, 0.5) is 16.2 Å². The zero-order valence-electron chi connectivity index (χ0n) is 17.1. The number of aromatic nitrogens is 1. The molecule has 0 radical (unpaired) electrons. The summed E-state index contributed by atoms with van der Waals surface area (Å²) in [4.78, 5) is 18.5. The number of aromatic hydroxyl groups is 1. The number of pyridine rings is 1. The molecule has 1 aliphatic heterocycles. The molecule has 9 nitrogen and oxygen atoms in total. The van der Waals surface area contributed by atoms with E-state index >= 15 is 0 Å². The van der Waals surface area contributed by atoms with Crippen LogP contribution < -0.4 is 10.6 Å². The summed E-state index contributed by atoms with van der Waals surface area (Å²) >= 11 is 0. The molecule has 3 rings (SSSR count). The smallest absolute Gasteiger partial charge is 0.323 e. The molecule has 30 heavy (non-hydrogen) atoms. The van der Waals surface area contributed by atoms with Crippen molar-refractivity contribution in [2.45, 2.75) is 20.4 Å². The molecule has 0 unspecified atom stereocenters. The highest BCUT2D eigenvalue weighted by atomic mass is 32.2. The van der Waals surface area contributed by atoms with Crippen LogP contribution in [0.2, 0.25) is 0 Å². The predicted octanol–water partition coefficient (Wildman–Crippen LogP) is 2.21. The van der Waals surface area contributed by atoms with Gasteiger partial charge in [0.15, 0.2) is 0 Å². The van der Waals surface area contributed by atoms with Crippen LogP contribution in [0.5, 0.6) is 5.75 Å². The maximum Gasteiger partial charge on any atom is 0.323 e. The van der Waals surface area contributed by atoms with Crippen molar-refractivity contribution in [3.63, 3.8) is 0 Å². The fraction of sp³-hybridized carbons (Fsp3) is 0.400. The molecule has 3 N–H and O–H groups in total. The first kappa shape index (κ1) is 22.0. The highest BCUT2D eigenvalue weighted by Gasteiger charge is 2.26. The van der Waals surface area contributed by atoms with Gasteiger partial charge in [-0.1, -0.05) is 12.1 Å². The van der Waals surface area contributed by atoms with Gasteiger partial charge in [0.2, 0.25) is 10.0 Å². The Bertz CT molecular complexity index is 987. The lowest BCUT2D eigenvalue weighted by Gasteiger charge is -2.34.